The number of carboxylic acids is 1. The van der Waals surface area contributed by atoms with Gasteiger partial charge in [-0.25, -0.2) is 0 Å². The number of carbonyl (C=O) groups is 4. The molecule has 2 amide bonds. The second kappa shape index (κ2) is 26.2. The maximum absolute atomic E-state index is 11.9. The van der Waals surface area contributed by atoms with Crippen molar-refractivity contribution in [3.8, 4) is 0 Å². The molecule has 2 N–H and O–H groups in total. The quantitative estimate of drug-likeness (QED) is 0.152. The van der Waals surface area contributed by atoms with Gasteiger partial charge in [0.25, 0.3) is 0 Å². The first-order valence-corrected chi connectivity index (χ1v) is 13.6. The van der Waals surface area contributed by atoms with Gasteiger partial charge in [0.05, 0.1) is 12.0 Å². The number of aliphatic carboxylic acids is 1. The van der Waals surface area contributed by atoms with Crippen LogP contribution in [0.25, 0.3) is 0 Å². The van der Waals surface area contributed by atoms with E-state index < -0.39 is 17.9 Å². The Morgan fingerprint density at radius 2 is 1.17 bits per heavy atom. The Morgan fingerprint density at radius 1 is 0.657 bits per heavy atom. The zero-order valence-electron chi connectivity index (χ0n) is 22.8. The number of ketones is 1. The molecule has 0 aliphatic carbocycles. The molecule has 0 heterocycles. The fourth-order valence-corrected chi connectivity index (χ4v) is 3.90. The van der Waals surface area contributed by atoms with E-state index >= 15 is 0 Å². The van der Waals surface area contributed by atoms with E-state index in [1.165, 1.54) is 77.6 Å². The Morgan fingerprint density at radius 3 is 1.66 bits per heavy atom. The molecular formula is C27H49N2NaO5. The van der Waals surface area contributed by atoms with Gasteiger partial charge < -0.3 is 25.3 Å². The molecule has 0 fully saturated rings. The summed E-state index contributed by atoms with van der Waals surface area (Å²) in [7, 11) is 0. The second-order valence-electron chi connectivity index (χ2n) is 9.48. The van der Waals surface area contributed by atoms with Gasteiger partial charge in [0.2, 0.25) is 11.8 Å². The van der Waals surface area contributed by atoms with E-state index in [0.717, 1.165) is 12.8 Å². The third-order valence-corrected chi connectivity index (χ3v) is 6.07. The number of amides is 2. The van der Waals surface area contributed by atoms with E-state index in [1.807, 2.05) is 0 Å². The van der Waals surface area contributed by atoms with Crippen molar-refractivity contribution in [2.75, 3.05) is 6.54 Å². The molecule has 0 bridgehead atoms. The zero-order chi connectivity index (χ0) is 25.4. The monoisotopic (exact) mass is 504 g/mol. The van der Waals surface area contributed by atoms with Gasteiger partial charge in [-0.2, -0.15) is 0 Å². The van der Waals surface area contributed by atoms with Gasteiger partial charge in [-0.05, 0) is 32.6 Å². The molecule has 0 aliphatic heterocycles. The summed E-state index contributed by atoms with van der Waals surface area (Å²) in [5.41, 5.74) is 0. The Bertz CT molecular complexity index is 572. The average molecular weight is 505 g/mol. The van der Waals surface area contributed by atoms with E-state index in [-0.39, 0.29) is 60.5 Å². The fraction of sp³-hybridized carbons (Fsp3) is 0.852. The van der Waals surface area contributed by atoms with Gasteiger partial charge in [0, 0.05) is 25.8 Å². The summed E-state index contributed by atoms with van der Waals surface area (Å²) in [4.78, 5) is 45.7. The Kier molecular flexibility index (Phi) is 27.1. The molecule has 1 unspecified atom stereocenters. The van der Waals surface area contributed by atoms with Crippen molar-refractivity contribution in [2.45, 2.75) is 142 Å². The molecule has 0 radical (unpaired) electrons. The number of rotatable bonds is 24. The molecule has 0 saturated carbocycles. The van der Waals surface area contributed by atoms with Crippen molar-refractivity contribution < 1.29 is 53.8 Å². The van der Waals surface area contributed by atoms with Gasteiger partial charge in [0.15, 0.2) is 0 Å². The SMILES string of the molecule is CCCCCCCCCCCCCCCC(=O)NCCCCC(NC(=O)CCC(C)=O)C(=O)[O-].[Na+]. The number of unbranched alkanes of at least 4 members (excludes halogenated alkanes) is 13. The second-order valence-corrected chi connectivity index (χ2v) is 9.48. The molecule has 0 spiro atoms. The predicted molar refractivity (Wildman–Crippen MR) is 134 cm³/mol. The Balaban J connectivity index is 0. The molecule has 0 rings (SSSR count). The van der Waals surface area contributed by atoms with E-state index in [2.05, 4.69) is 17.6 Å². The van der Waals surface area contributed by atoms with E-state index in [1.54, 1.807) is 0 Å². The smallest absolute Gasteiger partial charge is 0.548 e. The zero-order valence-corrected chi connectivity index (χ0v) is 24.8. The topological polar surface area (TPSA) is 115 Å². The van der Waals surface area contributed by atoms with Gasteiger partial charge >= 0.3 is 29.6 Å². The van der Waals surface area contributed by atoms with Crippen LogP contribution in [0.2, 0.25) is 0 Å². The molecule has 0 aromatic carbocycles. The normalized spacial score (nSPS) is 11.4. The molecule has 198 valence electrons. The summed E-state index contributed by atoms with van der Waals surface area (Å²) in [5, 5.41) is 16.5. The first kappa shape index (κ1) is 36.2. The summed E-state index contributed by atoms with van der Waals surface area (Å²) in [6.07, 6.45) is 18.6. The summed E-state index contributed by atoms with van der Waals surface area (Å²) in [6, 6.07) is -1.07. The van der Waals surface area contributed by atoms with Crippen molar-refractivity contribution >= 4 is 23.6 Å². The van der Waals surface area contributed by atoms with E-state index in [9.17, 15) is 24.3 Å². The van der Waals surface area contributed by atoms with Gasteiger partial charge in [0.1, 0.15) is 5.78 Å². The van der Waals surface area contributed by atoms with Crippen LogP contribution in [0.4, 0.5) is 0 Å². The van der Waals surface area contributed by atoms with Crippen LogP contribution in [0.5, 0.6) is 0 Å². The minimum atomic E-state index is -1.33. The van der Waals surface area contributed by atoms with Crippen molar-refractivity contribution in [1.82, 2.24) is 10.6 Å². The molecule has 0 aromatic heterocycles. The molecule has 1 atom stereocenters. The van der Waals surface area contributed by atoms with E-state index in [4.69, 9.17) is 0 Å². The number of hydrogen-bond acceptors (Lipinski definition) is 5. The van der Waals surface area contributed by atoms with Gasteiger partial charge in [-0.1, -0.05) is 84.0 Å². The first-order chi connectivity index (χ1) is 16.4. The number of nitrogens with one attached hydrogen (secondary N) is 2. The Labute approximate surface area is 235 Å². The van der Waals surface area contributed by atoms with Crippen LogP contribution >= 0.6 is 0 Å². The maximum atomic E-state index is 11.9. The predicted octanol–water partition coefficient (Wildman–Crippen LogP) is 1.36. The minimum absolute atomic E-state index is 0. The van der Waals surface area contributed by atoms with Crippen LogP contribution in [0.15, 0.2) is 0 Å². The van der Waals surface area contributed by atoms with Crippen LogP contribution in [-0.4, -0.2) is 36.2 Å². The molecule has 0 aliphatic rings. The number of carbonyl (C=O) groups excluding carboxylic acids is 4. The van der Waals surface area contributed by atoms with Crippen molar-refractivity contribution in [3.63, 3.8) is 0 Å². The molecule has 35 heavy (non-hydrogen) atoms. The molecule has 7 nitrogen and oxygen atoms in total. The third-order valence-electron chi connectivity index (χ3n) is 6.07. The molecular weight excluding hydrogens is 455 g/mol. The minimum Gasteiger partial charge on any atom is -0.548 e. The van der Waals surface area contributed by atoms with Crippen LogP contribution in [-0.2, 0) is 19.2 Å². The number of carboxylic acid groups (broad SMARTS) is 1. The van der Waals surface area contributed by atoms with Crippen LogP contribution in [0.3, 0.4) is 0 Å². The summed E-state index contributed by atoms with van der Waals surface area (Å²) < 4.78 is 0. The van der Waals surface area contributed by atoms with Crippen molar-refractivity contribution in [1.29, 1.82) is 0 Å². The number of hydrogen-bond donors (Lipinski definition) is 2. The molecule has 0 aromatic rings. The van der Waals surface area contributed by atoms with Gasteiger partial charge in [-0.15, -0.1) is 0 Å². The van der Waals surface area contributed by atoms with Crippen LogP contribution < -0.4 is 45.3 Å². The summed E-state index contributed by atoms with van der Waals surface area (Å²) in [6.45, 7) is 4.13. The first-order valence-electron chi connectivity index (χ1n) is 13.6. The van der Waals surface area contributed by atoms with Crippen molar-refractivity contribution in [2.24, 2.45) is 0 Å². The summed E-state index contributed by atoms with van der Waals surface area (Å²) >= 11 is 0. The van der Waals surface area contributed by atoms with Crippen LogP contribution in [0, 0.1) is 0 Å². The molecule has 0 saturated heterocycles. The van der Waals surface area contributed by atoms with Gasteiger partial charge in [-0.3, -0.25) is 9.59 Å². The third kappa shape index (κ3) is 26.0. The molecule has 8 heteroatoms. The van der Waals surface area contributed by atoms with Crippen molar-refractivity contribution in [3.05, 3.63) is 0 Å². The number of Topliss-reactive ketones (excluding diaryl/α,β-unsaturated/α-hetero) is 1. The Hall–Kier alpha value is -0.920. The van der Waals surface area contributed by atoms with E-state index in [0.29, 0.717) is 25.8 Å². The summed E-state index contributed by atoms with van der Waals surface area (Å²) in [5.74, 6) is -1.87. The maximum Gasteiger partial charge on any atom is 1.00 e. The average Bonchev–Trinajstić information content (AvgIpc) is 2.79. The fourth-order valence-electron chi connectivity index (χ4n) is 3.90. The van der Waals surface area contributed by atoms with Crippen LogP contribution in [0.1, 0.15) is 136 Å². The largest absolute Gasteiger partial charge is 1.00 e. The standard InChI is InChI=1S/C27H50N2O5.Na/c1-3-4-5-6-7-8-9-10-11-12-13-14-15-19-25(31)28-22-17-16-18-24(27(33)34)29-26(32)21-20-23(2)30;/h24H,3-22H2,1-2H3,(H,28,31)(H,29,32)(H,33,34);/q;+1/p-1.